The number of rotatable bonds is 8. The molecule has 1 aliphatic rings. The highest BCUT2D eigenvalue weighted by atomic mass is 32.1. The van der Waals surface area contributed by atoms with Gasteiger partial charge in [-0.3, -0.25) is 9.59 Å². The zero-order valence-electron chi connectivity index (χ0n) is 18.7. The van der Waals surface area contributed by atoms with Crippen LogP contribution >= 0.6 is 12.2 Å². The molecule has 0 spiro atoms. The second-order valence-corrected chi connectivity index (χ2v) is 8.77. The van der Waals surface area contributed by atoms with Gasteiger partial charge in [0.2, 0.25) is 0 Å². The molecule has 1 aromatic rings. The Morgan fingerprint density at radius 3 is 2.52 bits per heavy atom. The molecule has 2 N–H and O–H groups in total. The van der Waals surface area contributed by atoms with Gasteiger partial charge in [-0.25, -0.2) is 4.79 Å². The Morgan fingerprint density at radius 1 is 1.16 bits per heavy atom. The molecule has 0 fully saturated rings. The molecule has 8 heteroatoms. The lowest BCUT2D eigenvalue weighted by molar-refractivity contribution is -0.139. The lowest BCUT2D eigenvalue weighted by Gasteiger charge is -2.30. The van der Waals surface area contributed by atoms with Crippen LogP contribution < -0.4 is 15.4 Å². The zero-order valence-corrected chi connectivity index (χ0v) is 19.5. The standard InChI is InChI=1S/C23H30N2O5S/c1-6-29-21(28)19-14(2)24-22(31)25-20(19)15-9-7-10-16(13-15)30-18(27)12-8-11-17(26)23(3,4)5/h7,9-10,13,20H,6,8,11-12H2,1-5H3,(H2,24,25,31). The second kappa shape index (κ2) is 10.5. The van der Waals surface area contributed by atoms with E-state index in [0.717, 1.165) is 0 Å². The minimum absolute atomic E-state index is 0.115. The Labute approximate surface area is 188 Å². The number of benzene rings is 1. The van der Waals surface area contributed by atoms with E-state index in [1.54, 1.807) is 32.0 Å². The van der Waals surface area contributed by atoms with Gasteiger partial charge >= 0.3 is 11.9 Å². The molecule has 2 rings (SSSR count). The summed E-state index contributed by atoms with van der Waals surface area (Å²) in [6, 6.07) is 6.39. The van der Waals surface area contributed by atoms with Crippen LogP contribution in [0.5, 0.6) is 5.75 Å². The molecule has 0 radical (unpaired) electrons. The van der Waals surface area contributed by atoms with E-state index in [1.807, 2.05) is 26.8 Å². The Kier molecular flexibility index (Phi) is 8.33. The second-order valence-electron chi connectivity index (χ2n) is 8.36. The minimum atomic E-state index is -0.532. The maximum absolute atomic E-state index is 12.5. The number of Topliss-reactive ketones (excluding diaryl/α,β-unsaturated/α-hetero) is 1. The van der Waals surface area contributed by atoms with Gasteiger partial charge in [0.1, 0.15) is 11.5 Å². The first-order chi connectivity index (χ1) is 14.5. The molecule has 0 aliphatic carbocycles. The van der Waals surface area contributed by atoms with E-state index >= 15 is 0 Å². The van der Waals surface area contributed by atoms with Crippen molar-refractivity contribution in [2.75, 3.05) is 6.61 Å². The van der Waals surface area contributed by atoms with Crippen LogP contribution in [-0.4, -0.2) is 29.4 Å². The van der Waals surface area contributed by atoms with Crippen molar-refractivity contribution in [3.8, 4) is 5.75 Å². The molecule has 0 aromatic heterocycles. The highest BCUT2D eigenvalue weighted by Gasteiger charge is 2.31. The van der Waals surface area contributed by atoms with Crippen LogP contribution in [0.4, 0.5) is 0 Å². The van der Waals surface area contributed by atoms with Crippen molar-refractivity contribution in [2.24, 2.45) is 5.41 Å². The smallest absolute Gasteiger partial charge is 0.338 e. The topological polar surface area (TPSA) is 93.7 Å². The fourth-order valence-corrected chi connectivity index (χ4v) is 3.40. The van der Waals surface area contributed by atoms with Crippen molar-refractivity contribution in [1.82, 2.24) is 10.6 Å². The van der Waals surface area contributed by atoms with E-state index < -0.39 is 23.4 Å². The predicted octanol–water partition coefficient (Wildman–Crippen LogP) is 3.73. The van der Waals surface area contributed by atoms with Gasteiger partial charge in [0.25, 0.3) is 0 Å². The number of esters is 2. The number of carbonyl (C=O) groups excluding carboxylic acids is 3. The zero-order chi connectivity index (χ0) is 23.2. The summed E-state index contributed by atoms with van der Waals surface area (Å²) in [7, 11) is 0. The summed E-state index contributed by atoms with van der Waals surface area (Å²) in [6.45, 7) is 9.34. The van der Waals surface area contributed by atoms with Gasteiger partial charge in [0, 0.05) is 24.0 Å². The Balaban J connectivity index is 2.10. The van der Waals surface area contributed by atoms with Crippen molar-refractivity contribution < 1.29 is 23.9 Å². The molecular formula is C23H30N2O5S. The van der Waals surface area contributed by atoms with Crippen LogP contribution in [0.3, 0.4) is 0 Å². The van der Waals surface area contributed by atoms with E-state index in [2.05, 4.69) is 10.6 Å². The molecule has 0 bridgehead atoms. The minimum Gasteiger partial charge on any atom is -0.463 e. The van der Waals surface area contributed by atoms with Gasteiger partial charge in [0.05, 0.1) is 18.2 Å². The molecule has 1 aromatic carbocycles. The van der Waals surface area contributed by atoms with Gasteiger partial charge in [-0.1, -0.05) is 32.9 Å². The number of carbonyl (C=O) groups is 3. The highest BCUT2D eigenvalue weighted by molar-refractivity contribution is 7.80. The Hall–Kier alpha value is -2.74. The van der Waals surface area contributed by atoms with Crippen molar-refractivity contribution in [3.05, 3.63) is 41.1 Å². The normalized spacial score (nSPS) is 16.3. The first-order valence-electron chi connectivity index (χ1n) is 10.3. The number of ketones is 1. The van der Waals surface area contributed by atoms with E-state index in [1.165, 1.54) is 0 Å². The number of thiocarbonyl (C=S) groups is 1. The molecule has 1 aliphatic heterocycles. The molecule has 1 heterocycles. The maximum atomic E-state index is 12.5. The SMILES string of the molecule is CCOC(=O)C1=C(C)NC(=S)NC1c1cccc(OC(=O)CCCC(=O)C(C)(C)C)c1. The third-order valence-corrected chi connectivity index (χ3v) is 5.03. The summed E-state index contributed by atoms with van der Waals surface area (Å²) in [5.74, 6) is -0.385. The largest absolute Gasteiger partial charge is 0.463 e. The van der Waals surface area contributed by atoms with Crippen LogP contribution in [0, 0.1) is 5.41 Å². The van der Waals surface area contributed by atoms with Crippen molar-refractivity contribution in [2.45, 2.75) is 59.9 Å². The van der Waals surface area contributed by atoms with Crippen LogP contribution in [0.2, 0.25) is 0 Å². The first-order valence-corrected chi connectivity index (χ1v) is 10.7. The number of hydrogen-bond donors (Lipinski definition) is 2. The quantitative estimate of drug-likeness (QED) is 0.354. The number of ether oxygens (including phenoxy) is 2. The summed E-state index contributed by atoms with van der Waals surface area (Å²) in [4.78, 5) is 36.7. The lowest BCUT2D eigenvalue weighted by atomic mass is 9.88. The predicted molar refractivity (Wildman–Crippen MR) is 121 cm³/mol. The van der Waals surface area contributed by atoms with Gasteiger partial charge < -0.3 is 20.1 Å². The van der Waals surface area contributed by atoms with Crippen molar-refractivity contribution >= 4 is 35.1 Å². The monoisotopic (exact) mass is 446 g/mol. The molecule has 7 nitrogen and oxygen atoms in total. The third kappa shape index (κ3) is 6.89. The summed E-state index contributed by atoms with van der Waals surface area (Å²) in [5.41, 5.74) is 1.32. The summed E-state index contributed by atoms with van der Waals surface area (Å²) in [6.07, 6.45) is 0.921. The molecule has 0 saturated carbocycles. The molecule has 31 heavy (non-hydrogen) atoms. The van der Waals surface area contributed by atoms with Gasteiger partial charge in [-0.05, 0) is 50.2 Å². The first kappa shape index (κ1) is 24.5. The van der Waals surface area contributed by atoms with Crippen LogP contribution in [0.25, 0.3) is 0 Å². The van der Waals surface area contributed by atoms with Crippen LogP contribution in [-0.2, 0) is 19.1 Å². The molecule has 168 valence electrons. The summed E-state index contributed by atoms with van der Waals surface area (Å²) >= 11 is 5.24. The maximum Gasteiger partial charge on any atom is 0.338 e. The molecule has 1 unspecified atom stereocenters. The van der Waals surface area contributed by atoms with E-state index in [-0.39, 0.29) is 18.8 Å². The number of nitrogens with one attached hydrogen (secondary N) is 2. The van der Waals surface area contributed by atoms with Crippen LogP contribution in [0.15, 0.2) is 35.5 Å². The van der Waals surface area contributed by atoms with E-state index in [9.17, 15) is 14.4 Å². The van der Waals surface area contributed by atoms with Gasteiger partial charge in [0.15, 0.2) is 5.11 Å². The average molecular weight is 447 g/mol. The van der Waals surface area contributed by atoms with E-state index in [4.69, 9.17) is 21.7 Å². The van der Waals surface area contributed by atoms with Gasteiger partial charge in [-0.15, -0.1) is 0 Å². The fourth-order valence-electron chi connectivity index (χ4n) is 3.13. The summed E-state index contributed by atoms with van der Waals surface area (Å²) in [5, 5.41) is 6.41. The van der Waals surface area contributed by atoms with E-state index in [0.29, 0.717) is 40.5 Å². The number of hydrogen-bond acceptors (Lipinski definition) is 6. The van der Waals surface area contributed by atoms with Crippen LogP contribution in [0.1, 0.15) is 65.5 Å². The lowest BCUT2D eigenvalue weighted by Crippen LogP contribution is -2.45. The van der Waals surface area contributed by atoms with Gasteiger partial charge in [-0.2, -0.15) is 0 Å². The highest BCUT2D eigenvalue weighted by Crippen LogP contribution is 2.30. The van der Waals surface area contributed by atoms with Crippen molar-refractivity contribution in [1.29, 1.82) is 0 Å². The number of allylic oxidation sites excluding steroid dienone is 1. The average Bonchev–Trinajstić information content (AvgIpc) is 2.66. The molecular weight excluding hydrogens is 416 g/mol. The molecule has 0 saturated heterocycles. The Morgan fingerprint density at radius 2 is 1.87 bits per heavy atom. The van der Waals surface area contributed by atoms with Crippen molar-refractivity contribution in [3.63, 3.8) is 0 Å². The third-order valence-electron chi connectivity index (χ3n) is 4.81. The Bertz CT molecular complexity index is 901. The molecule has 0 amide bonds. The fraction of sp³-hybridized carbons (Fsp3) is 0.478. The summed E-state index contributed by atoms with van der Waals surface area (Å²) < 4.78 is 10.6. The molecule has 1 atom stereocenters.